The highest BCUT2D eigenvalue weighted by Crippen LogP contribution is 2.17. The fraction of sp³-hybridized carbons (Fsp3) is 0.438. The highest BCUT2D eigenvalue weighted by atomic mass is 16.3. The summed E-state index contributed by atoms with van der Waals surface area (Å²) < 4.78 is 0. The molecule has 1 saturated heterocycles. The first-order valence-corrected chi connectivity index (χ1v) is 6.78. The van der Waals surface area contributed by atoms with Gasteiger partial charge in [-0.25, -0.2) is 0 Å². The van der Waals surface area contributed by atoms with E-state index in [4.69, 9.17) is 0 Å². The summed E-state index contributed by atoms with van der Waals surface area (Å²) in [6, 6.07) is 8.07. The number of nitrogens with zero attached hydrogens (tertiary/aromatic N) is 1. The summed E-state index contributed by atoms with van der Waals surface area (Å²) in [7, 11) is 0. The van der Waals surface area contributed by atoms with Gasteiger partial charge in [-0.15, -0.1) is 0 Å². The molecule has 2 rings (SSSR count). The molecule has 0 spiro atoms. The van der Waals surface area contributed by atoms with Crippen LogP contribution in [-0.4, -0.2) is 35.1 Å². The lowest BCUT2D eigenvalue weighted by atomic mass is 9.97. The highest BCUT2D eigenvalue weighted by Gasteiger charge is 2.25. The summed E-state index contributed by atoms with van der Waals surface area (Å²) in [6.45, 7) is 5.30. The van der Waals surface area contributed by atoms with Crippen LogP contribution in [0.4, 0.5) is 0 Å². The molecule has 0 radical (unpaired) electrons. The molecule has 1 fully saturated rings. The van der Waals surface area contributed by atoms with Gasteiger partial charge in [-0.3, -0.25) is 4.79 Å². The molecule has 0 aromatic heterocycles. The number of aliphatic hydroxyl groups excluding tert-OH is 1. The predicted molar refractivity (Wildman–Crippen MR) is 76.6 cm³/mol. The Labute approximate surface area is 114 Å². The summed E-state index contributed by atoms with van der Waals surface area (Å²) in [4.78, 5) is 13.9. The number of aryl methyl sites for hydroxylation is 1. The molecular formula is C16H21NO2. The third-order valence-corrected chi connectivity index (χ3v) is 3.67. The van der Waals surface area contributed by atoms with Crippen molar-refractivity contribution in [3.8, 4) is 0 Å². The first-order chi connectivity index (χ1) is 9.06. The lowest BCUT2D eigenvalue weighted by Crippen LogP contribution is -2.44. The van der Waals surface area contributed by atoms with E-state index >= 15 is 0 Å². The monoisotopic (exact) mass is 259 g/mol. The predicted octanol–water partition coefficient (Wildman–Crippen LogP) is 2.24. The number of likely N-dealkylation sites (tertiary alicyclic amines) is 1. The van der Waals surface area contributed by atoms with Crippen molar-refractivity contribution in [2.45, 2.75) is 26.4 Å². The zero-order valence-electron chi connectivity index (χ0n) is 11.5. The number of rotatable bonds is 2. The molecule has 0 aliphatic carbocycles. The average Bonchev–Trinajstić information content (AvgIpc) is 2.41. The van der Waals surface area contributed by atoms with Gasteiger partial charge in [0.1, 0.15) is 0 Å². The maximum absolute atomic E-state index is 12.0. The Bertz CT molecular complexity index is 464. The molecule has 0 bridgehead atoms. The van der Waals surface area contributed by atoms with Crippen molar-refractivity contribution in [3.63, 3.8) is 0 Å². The van der Waals surface area contributed by atoms with Crippen LogP contribution in [0.5, 0.6) is 0 Å². The quantitative estimate of drug-likeness (QED) is 0.827. The molecule has 1 heterocycles. The van der Waals surface area contributed by atoms with Gasteiger partial charge in [-0.2, -0.15) is 0 Å². The molecule has 0 saturated carbocycles. The Hall–Kier alpha value is -1.61. The van der Waals surface area contributed by atoms with E-state index in [2.05, 4.69) is 0 Å². The van der Waals surface area contributed by atoms with Gasteiger partial charge in [0.2, 0.25) is 5.91 Å². The van der Waals surface area contributed by atoms with Crippen LogP contribution in [0.3, 0.4) is 0 Å². The number of hydrogen-bond donors (Lipinski definition) is 1. The van der Waals surface area contributed by atoms with Crippen LogP contribution >= 0.6 is 0 Å². The van der Waals surface area contributed by atoms with Crippen LogP contribution in [0.1, 0.15) is 24.5 Å². The maximum Gasteiger partial charge on any atom is 0.246 e. The van der Waals surface area contributed by atoms with Crippen LogP contribution in [-0.2, 0) is 4.79 Å². The second kappa shape index (κ2) is 6.02. The minimum atomic E-state index is -0.273. The lowest BCUT2D eigenvalue weighted by Gasteiger charge is -2.33. The highest BCUT2D eigenvalue weighted by molar-refractivity contribution is 5.91. The molecule has 3 nitrogen and oxygen atoms in total. The van der Waals surface area contributed by atoms with Gasteiger partial charge in [0, 0.05) is 19.2 Å². The second-order valence-corrected chi connectivity index (χ2v) is 5.36. The van der Waals surface area contributed by atoms with Crippen LogP contribution < -0.4 is 0 Å². The zero-order chi connectivity index (χ0) is 13.8. The van der Waals surface area contributed by atoms with Crippen LogP contribution in [0.25, 0.3) is 6.08 Å². The van der Waals surface area contributed by atoms with Gasteiger partial charge in [0.25, 0.3) is 0 Å². The summed E-state index contributed by atoms with van der Waals surface area (Å²) in [5, 5.41) is 9.66. The van der Waals surface area contributed by atoms with Gasteiger partial charge in [0.15, 0.2) is 0 Å². The topological polar surface area (TPSA) is 40.5 Å². The number of carbonyl (C=O) groups is 1. The molecule has 1 aliphatic rings. The van der Waals surface area contributed by atoms with E-state index < -0.39 is 0 Å². The van der Waals surface area contributed by atoms with E-state index in [1.807, 2.05) is 49.1 Å². The molecule has 1 amide bonds. The fourth-order valence-corrected chi connectivity index (χ4v) is 2.28. The first-order valence-electron chi connectivity index (χ1n) is 6.78. The summed E-state index contributed by atoms with van der Waals surface area (Å²) >= 11 is 0. The van der Waals surface area contributed by atoms with E-state index in [9.17, 15) is 9.90 Å². The summed E-state index contributed by atoms with van der Waals surface area (Å²) in [5.41, 5.74) is 2.24. The van der Waals surface area contributed by atoms with Crippen LogP contribution in [0.15, 0.2) is 30.3 Å². The Morgan fingerprint density at radius 1 is 1.37 bits per heavy atom. The standard InChI is InChI=1S/C16H21NO2/c1-12-3-5-14(6-4-12)7-8-16(19)17-10-9-15(18)13(2)11-17/h3-8,13,15,18H,9-11H2,1-2H3/b8-7+. The second-order valence-electron chi connectivity index (χ2n) is 5.36. The van der Waals surface area contributed by atoms with Crippen molar-refractivity contribution in [2.75, 3.05) is 13.1 Å². The third-order valence-electron chi connectivity index (χ3n) is 3.67. The third kappa shape index (κ3) is 3.67. The molecule has 102 valence electrons. The Morgan fingerprint density at radius 2 is 2.05 bits per heavy atom. The molecule has 19 heavy (non-hydrogen) atoms. The molecule has 1 aromatic rings. The molecular weight excluding hydrogens is 238 g/mol. The van der Waals surface area contributed by atoms with Gasteiger partial charge in [-0.05, 0) is 30.9 Å². The van der Waals surface area contributed by atoms with Gasteiger partial charge >= 0.3 is 0 Å². The van der Waals surface area contributed by atoms with Crippen molar-refractivity contribution < 1.29 is 9.90 Å². The molecule has 2 atom stereocenters. The van der Waals surface area contributed by atoms with E-state index in [0.717, 1.165) is 5.56 Å². The summed E-state index contributed by atoms with van der Waals surface area (Å²) in [5.74, 6) is 0.185. The number of aliphatic hydroxyl groups is 1. The van der Waals surface area contributed by atoms with Crippen LogP contribution in [0, 0.1) is 12.8 Å². The maximum atomic E-state index is 12.0. The average molecular weight is 259 g/mol. The van der Waals surface area contributed by atoms with Crippen molar-refractivity contribution in [2.24, 2.45) is 5.92 Å². The first kappa shape index (κ1) is 13.8. The van der Waals surface area contributed by atoms with Crippen molar-refractivity contribution in [3.05, 3.63) is 41.5 Å². The molecule has 1 N–H and O–H groups in total. The SMILES string of the molecule is Cc1ccc(/C=C/C(=O)N2CCC(O)C(C)C2)cc1. The molecule has 3 heteroatoms. The Kier molecular flexibility index (Phi) is 4.38. The van der Waals surface area contributed by atoms with Gasteiger partial charge in [0.05, 0.1) is 6.10 Å². The number of piperidine rings is 1. The van der Waals surface area contributed by atoms with Crippen molar-refractivity contribution in [1.29, 1.82) is 0 Å². The number of amides is 1. The fourth-order valence-electron chi connectivity index (χ4n) is 2.28. The Morgan fingerprint density at radius 3 is 2.68 bits per heavy atom. The zero-order valence-corrected chi connectivity index (χ0v) is 11.5. The largest absolute Gasteiger partial charge is 0.393 e. The number of benzene rings is 1. The normalized spacial score (nSPS) is 23.8. The van der Waals surface area contributed by atoms with Crippen molar-refractivity contribution >= 4 is 12.0 Å². The van der Waals surface area contributed by atoms with E-state index in [1.54, 1.807) is 6.08 Å². The van der Waals surface area contributed by atoms with Gasteiger partial charge in [-0.1, -0.05) is 36.8 Å². The van der Waals surface area contributed by atoms with Crippen LogP contribution in [0.2, 0.25) is 0 Å². The molecule has 1 aliphatic heterocycles. The van der Waals surface area contributed by atoms with Crippen molar-refractivity contribution in [1.82, 2.24) is 4.90 Å². The van der Waals surface area contributed by atoms with E-state index in [0.29, 0.717) is 19.5 Å². The Balaban J connectivity index is 1.95. The molecule has 2 unspecified atom stereocenters. The molecule has 1 aromatic carbocycles. The summed E-state index contributed by atoms with van der Waals surface area (Å²) in [6.07, 6.45) is 3.86. The van der Waals surface area contributed by atoms with Gasteiger partial charge < -0.3 is 10.0 Å². The minimum absolute atomic E-state index is 0.0272. The lowest BCUT2D eigenvalue weighted by molar-refractivity contribution is -0.129. The number of carbonyl (C=O) groups excluding carboxylic acids is 1. The van der Waals surface area contributed by atoms with E-state index in [1.165, 1.54) is 5.56 Å². The van der Waals surface area contributed by atoms with E-state index in [-0.39, 0.29) is 17.9 Å². The number of hydrogen-bond acceptors (Lipinski definition) is 2. The smallest absolute Gasteiger partial charge is 0.246 e. The minimum Gasteiger partial charge on any atom is -0.393 e.